The number of hydrogen-bond acceptors (Lipinski definition) is 6. The first-order valence-corrected chi connectivity index (χ1v) is 9.94. The molecule has 0 aromatic heterocycles. The monoisotopic (exact) mass is 429 g/mol. The van der Waals surface area contributed by atoms with Crippen molar-refractivity contribution < 1.29 is 29.1 Å². The van der Waals surface area contributed by atoms with Gasteiger partial charge in [-0.15, -0.1) is 0 Å². The summed E-state index contributed by atoms with van der Waals surface area (Å²) in [6.07, 6.45) is -0.0238. The highest BCUT2D eigenvalue weighted by Gasteiger charge is 2.31. The summed E-state index contributed by atoms with van der Waals surface area (Å²) >= 11 is 0. The molecule has 0 saturated carbocycles. The smallest absolute Gasteiger partial charge is 0.326 e. The van der Waals surface area contributed by atoms with E-state index in [2.05, 4.69) is 16.0 Å². The Kier molecular flexibility index (Phi) is 11.6. The van der Waals surface area contributed by atoms with Crippen LogP contribution in [0.2, 0.25) is 0 Å². The van der Waals surface area contributed by atoms with Crippen molar-refractivity contribution in [3.8, 4) is 0 Å². The van der Waals surface area contributed by atoms with Crippen LogP contribution in [0.4, 0.5) is 0 Å². The van der Waals surface area contributed by atoms with Gasteiger partial charge in [-0.25, -0.2) is 4.79 Å². The van der Waals surface area contributed by atoms with E-state index in [1.807, 2.05) is 13.8 Å². The lowest BCUT2D eigenvalue weighted by Crippen LogP contribution is -2.57. The molecule has 0 saturated heterocycles. The fraction of sp³-hybridized carbons (Fsp3) is 0.737. The molecule has 4 amide bonds. The van der Waals surface area contributed by atoms with E-state index in [0.29, 0.717) is 0 Å². The van der Waals surface area contributed by atoms with E-state index >= 15 is 0 Å². The van der Waals surface area contributed by atoms with Crippen molar-refractivity contribution in [3.05, 3.63) is 0 Å². The summed E-state index contributed by atoms with van der Waals surface area (Å²) in [7, 11) is 0. The summed E-state index contributed by atoms with van der Waals surface area (Å²) in [5.74, 6) is -4.18. The molecule has 11 heteroatoms. The van der Waals surface area contributed by atoms with Crippen molar-refractivity contribution in [3.63, 3.8) is 0 Å². The average Bonchev–Trinajstić information content (AvgIpc) is 2.60. The fourth-order valence-electron chi connectivity index (χ4n) is 2.60. The van der Waals surface area contributed by atoms with E-state index < -0.39 is 59.7 Å². The maximum atomic E-state index is 12.8. The van der Waals surface area contributed by atoms with Crippen molar-refractivity contribution in [1.82, 2.24) is 16.0 Å². The minimum atomic E-state index is -1.22. The number of carboxylic acids is 1. The third kappa shape index (κ3) is 10.2. The van der Waals surface area contributed by atoms with Crippen LogP contribution in [0, 0.1) is 11.8 Å². The van der Waals surface area contributed by atoms with Crippen LogP contribution >= 0.6 is 0 Å². The maximum absolute atomic E-state index is 12.8. The van der Waals surface area contributed by atoms with Crippen LogP contribution < -0.4 is 27.4 Å². The van der Waals surface area contributed by atoms with Crippen molar-refractivity contribution >= 4 is 29.6 Å². The molecule has 0 aliphatic carbocycles. The molecule has 0 bridgehead atoms. The fourth-order valence-corrected chi connectivity index (χ4v) is 2.60. The van der Waals surface area contributed by atoms with Crippen molar-refractivity contribution in [2.45, 2.75) is 78.0 Å². The lowest BCUT2D eigenvalue weighted by Gasteiger charge is -2.26. The molecule has 172 valence electrons. The summed E-state index contributed by atoms with van der Waals surface area (Å²) in [5.41, 5.74) is 10.7. The molecule has 0 fully saturated rings. The Morgan fingerprint density at radius 3 is 1.73 bits per heavy atom. The van der Waals surface area contributed by atoms with Gasteiger partial charge in [0.1, 0.15) is 18.1 Å². The van der Waals surface area contributed by atoms with E-state index in [9.17, 15) is 29.1 Å². The Morgan fingerprint density at radius 2 is 1.33 bits per heavy atom. The van der Waals surface area contributed by atoms with Crippen LogP contribution in [0.5, 0.6) is 0 Å². The van der Waals surface area contributed by atoms with Gasteiger partial charge in [-0.1, -0.05) is 27.7 Å². The second-order valence-electron chi connectivity index (χ2n) is 8.11. The minimum absolute atomic E-state index is 0.0457. The van der Waals surface area contributed by atoms with Gasteiger partial charge in [0.15, 0.2) is 0 Å². The summed E-state index contributed by atoms with van der Waals surface area (Å²) in [5, 5.41) is 16.7. The number of hydrogen-bond donors (Lipinski definition) is 6. The molecule has 0 aromatic rings. The Balaban J connectivity index is 5.49. The molecule has 0 aliphatic rings. The zero-order valence-electron chi connectivity index (χ0n) is 18.2. The predicted molar refractivity (Wildman–Crippen MR) is 110 cm³/mol. The highest BCUT2D eigenvalue weighted by molar-refractivity contribution is 5.94. The minimum Gasteiger partial charge on any atom is -0.480 e. The van der Waals surface area contributed by atoms with Gasteiger partial charge in [0.2, 0.25) is 23.6 Å². The lowest BCUT2D eigenvalue weighted by atomic mass is 10.0. The third-order valence-corrected chi connectivity index (χ3v) is 4.30. The number of nitrogens with two attached hydrogens (primary N) is 2. The average molecular weight is 430 g/mol. The van der Waals surface area contributed by atoms with Crippen LogP contribution in [-0.2, 0) is 24.0 Å². The van der Waals surface area contributed by atoms with Gasteiger partial charge in [0, 0.05) is 6.42 Å². The highest BCUT2D eigenvalue weighted by Crippen LogP contribution is 2.08. The van der Waals surface area contributed by atoms with E-state index in [0.717, 1.165) is 0 Å². The Morgan fingerprint density at radius 1 is 0.833 bits per heavy atom. The van der Waals surface area contributed by atoms with Crippen LogP contribution in [-0.4, -0.2) is 58.9 Å². The van der Waals surface area contributed by atoms with Crippen LogP contribution in [0.3, 0.4) is 0 Å². The molecular weight excluding hydrogens is 394 g/mol. The molecule has 8 N–H and O–H groups in total. The first-order valence-electron chi connectivity index (χ1n) is 9.94. The molecule has 0 aromatic carbocycles. The van der Waals surface area contributed by atoms with Gasteiger partial charge in [-0.3, -0.25) is 19.2 Å². The number of aliphatic carboxylic acids is 1. The second-order valence-corrected chi connectivity index (χ2v) is 8.11. The standard InChI is InChI=1S/C19H35N5O6/c1-9(2)8-13(23-16(26)11(5)20)18(28)22-12(6-7-14(21)25)17(27)24-15(10(3)4)19(29)30/h9-13,15H,6-8,20H2,1-5H3,(H2,21,25)(H,22,28)(H,23,26)(H,24,27)(H,29,30). The van der Waals surface area contributed by atoms with Gasteiger partial charge >= 0.3 is 5.97 Å². The number of carbonyl (C=O) groups is 5. The summed E-state index contributed by atoms with van der Waals surface area (Å²) in [6, 6.07) is -4.15. The molecule has 4 atom stereocenters. The Hall–Kier alpha value is -2.69. The first kappa shape index (κ1) is 27.3. The Bertz CT molecular complexity index is 635. The number of nitrogens with one attached hydrogen (secondary N) is 3. The van der Waals surface area contributed by atoms with Crippen LogP contribution in [0.15, 0.2) is 0 Å². The summed E-state index contributed by atoms with van der Waals surface area (Å²) < 4.78 is 0. The van der Waals surface area contributed by atoms with E-state index in [1.54, 1.807) is 13.8 Å². The molecule has 4 unspecified atom stereocenters. The number of rotatable bonds is 13. The molecule has 11 nitrogen and oxygen atoms in total. The molecule has 0 radical (unpaired) electrons. The molecule has 0 heterocycles. The number of carbonyl (C=O) groups excluding carboxylic acids is 4. The van der Waals surface area contributed by atoms with E-state index in [-0.39, 0.29) is 25.2 Å². The first-order chi connectivity index (χ1) is 13.8. The number of amides is 4. The summed E-state index contributed by atoms with van der Waals surface area (Å²) in [6.45, 7) is 8.43. The quantitative estimate of drug-likeness (QED) is 0.212. The topological polar surface area (TPSA) is 194 Å². The number of carboxylic acid groups (broad SMARTS) is 1. The molecule has 0 rings (SSSR count). The van der Waals surface area contributed by atoms with Crippen molar-refractivity contribution in [1.29, 1.82) is 0 Å². The van der Waals surface area contributed by atoms with Gasteiger partial charge in [0.25, 0.3) is 0 Å². The van der Waals surface area contributed by atoms with Crippen LogP contribution in [0.25, 0.3) is 0 Å². The van der Waals surface area contributed by atoms with Gasteiger partial charge in [-0.2, -0.15) is 0 Å². The SMILES string of the molecule is CC(C)CC(NC(=O)C(C)N)C(=O)NC(CCC(N)=O)C(=O)NC(C(=O)O)C(C)C. The maximum Gasteiger partial charge on any atom is 0.326 e. The van der Waals surface area contributed by atoms with E-state index in [4.69, 9.17) is 11.5 Å². The lowest BCUT2D eigenvalue weighted by molar-refractivity contribution is -0.143. The zero-order chi connectivity index (χ0) is 23.6. The zero-order valence-corrected chi connectivity index (χ0v) is 18.2. The second kappa shape index (κ2) is 12.8. The third-order valence-electron chi connectivity index (χ3n) is 4.30. The predicted octanol–water partition coefficient (Wildman–Crippen LogP) is -1.16. The van der Waals surface area contributed by atoms with Gasteiger partial charge < -0.3 is 32.5 Å². The summed E-state index contributed by atoms with van der Waals surface area (Å²) in [4.78, 5) is 59.9. The van der Waals surface area contributed by atoms with Crippen molar-refractivity contribution in [2.75, 3.05) is 0 Å². The van der Waals surface area contributed by atoms with Crippen molar-refractivity contribution in [2.24, 2.45) is 23.3 Å². The molecule has 0 spiro atoms. The largest absolute Gasteiger partial charge is 0.480 e. The molecule has 0 aliphatic heterocycles. The Labute approximate surface area is 176 Å². The van der Waals surface area contributed by atoms with Gasteiger partial charge in [-0.05, 0) is 31.6 Å². The normalized spacial score (nSPS) is 15.1. The van der Waals surface area contributed by atoms with Crippen LogP contribution in [0.1, 0.15) is 53.9 Å². The van der Waals surface area contributed by atoms with Gasteiger partial charge in [0.05, 0.1) is 6.04 Å². The van der Waals surface area contributed by atoms with E-state index in [1.165, 1.54) is 6.92 Å². The molecule has 30 heavy (non-hydrogen) atoms. The highest BCUT2D eigenvalue weighted by atomic mass is 16.4. The molecular formula is C19H35N5O6. The number of primary amides is 1.